The van der Waals surface area contributed by atoms with Crippen LogP contribution >= 0.6 is 15.9 Å². The molecule has 1 amide bonds. The average molecular weight is 493 g/mol. The Bertz CT molecular complexity index is 1120. The normalized spacial score (nSPS) is 12.1. The summed E-state index contributed by atoms with van der Waals surface area (Å²) >= 11 is 3.29. The molecule has 0 bridgehead atoms. The van der Waals surface area contributed by atoms with Crippen molar-refractivity contribution in [1.29, 1.82) is 0 Å². The van der Waals surface area contributed by atoms with Gasteiger partial charge < -0.3 is 10.1 Å². The molecule has 0 fully saturated rings. The van der Waals surface area contributed by atoms with Gasteiger partial charge in [-0.2, -0.15) is 0 Å². The first kappa shape index (κ1) is 21.8. The molecule has 0 spiro atoms. The summed E-state index contributed by atoms with van der Waals surface area (Å²) in [4.78, 5) is 12.3. The van der Waals surface area contributed by atoms with Crippen LogP contribution in [0.2, 0.25) is 0 Å². The van der Waals surface area contributed by atoms with Crippen LogP contribution in [0.25, 0.3) is 0 Å². The standard InChI is InChI=1S/C21H18BrFN2O4S/c1-14(29-19-10-4-16(23)5-11-19)21(26)24-17-8-12-20(13-9-17)30(27,28)25-18-6-2-15(22)3-7-18/h2-14,25H,1H3,(H,24,26)/t14-/m1/s1. The van der Waals surface area contributed by atoms with Crippen LogP contribution in [-0.4, -0.2) is 20.4 Å². The van der Waals surface area contributed by atoms with Gasteiger partial charge in [-0.05, 0) is 79.7 Å². The van der Waals surface area contributed by atoms with Crippen molar-refractivity contribution in [3.05, 3.63) is 83.1 Å². The van der Waals surface area contributed by atoms with Gasteiger partial charge in [-0.1, -0.05) is 15.9 Å². The van der Waals surface area contributed by atoms with E-state index in [1.54, 1.807) is 31.2 Å². The molecule has 0 aromatic heterocycles. The Morgan fingerprint density at radius 1 is 0.933 bits per heavy atom. The van der Waals surface area contributed by atoms with Gasteiger partial charge in [-0.15, -0.1) is 0 Å². The van der Waals surface area contributed by atoms with E-state index in [-0.39, 0.29) is 4.90 Å². The first-order valence-electron chi connectivity index (χ1n) is 8.84. The molecule has 3 rings (SSSR count). The molecular formula is C21H18BrFN2O4S. The molecule has 0 saturated carbocycles. The number of hydrogen-bond donors (Lipinski definition) is 2. The topological polar surface area (TPSA) is 84.5 Å². The molecule has 0 aliphatic rings. The lowest BCUT2D eigenvalue weighted by atomic mass is 10.3. The molecule has 0 heterocycles. The predicted octanol–water partition coefficient (Wildman–Crippen LogP) is 4.80. The van der Waals surface area contributed by atoms with E-state index in [4.69, 9.17) is 4.74 Å². The number of amides is 1. The van der Waals surface area contributed by atoms with Gasteiger partial charge in [0, 0.05) is 15.8 Å². The summed E-state index contributed by atoms with van der Waals surface area (Å²) in [6.07, 6.45) is -0.835. The van der Waals surface area contributed by atoms with Crippen LogP contribution in [0, 0.1) is 5.82 Å². The van der Waals surface area contributed by atoms with Gasteiger partial charge in [0.25, 0.3) is 15.9 Å². The summed E-state index contributed by atoms with van der Waals surface area (Å²) in [6.45, 7) is 1.56. The average Bonchev–Trinajstić information content (AvgIpc) is 2.71. The van der Waals surface area contributed by atoms with Crippen LogP contribution in [0.4, 0.5) is 15.8 Å². The van der Waals surface area contributed by atoms with Gasteiger partial charge in [0.05, 0.1) is 4.90 Å². The number of anilines is 2. The first-order valence-corrected chi connectivity index (χ1v) is 11.1. The number of halogens is 2. The summed E-state index contributed by atoms with van der Waals surface area (Å²) in [6, 6.07) is 17.8. The fourth-order valence-corrected chi connectivity index (χ4v) is 3.79. The summed E-state index contributed by atoms with van der Waals surface area (Å²) in [5.74, 6) is -0.466. The second-order valence-electron chi connectivity index (χ2n) is 6.34. The molecule has 0 aliphatic heterocycles. The Balaban J connectivity index is 1.62. The van der Waals surface area contributed by atoms with Crippen molar-refractivity contribution in [1.82, 2.24) is 0 Å². The van der Waals surface area contributed by atoms with E-state index in [1.165, 1.54) is 48.5 Å². The van der Waals surface area contributed by atoms with E-state index in [0.717, 1.165) is 4.47 Å². The number of sulfonamides is 1. The first-order chi connectivity index (χ1) is 14.2. The maximum atomic E-state index is 12.9. The molecule has 0 unspecified atom stereocenters. The fourth-order valence-electron chi connectivity index (χ4n) is 2.46. The van der Waals surface area contributed by atoms with E-state index in [9.17, 15) is 17.6 Å². The van der Waals surface area contributed by atoms with Crippen molar-refractivity contribution in [2.24, 2.45) is 0 Å². The van der Waals surface area contributed by atoms with E-state index < -0.39 is 27.9 Å². The van der Waals surface area contributed by atoms with Crippen molar-refractivity contribution in [2.45, 2.75) is 17.9 Å². The SMILES string of the molecule is C[C@@H](Oc1ccc(F)cc1)C(=O)Nc1ccc(S(=O)(=O)Nc2ccc(Br)cc2)cc1. The third kappa shape index (κ3) is 5.80. The van der Waals surface area contributed by atoms with Gasteiger partial charge in [0.2, 0.25) is 0 Å². The van der Waals surface area contributed by atoms with Gasteiger partial charge in [0.15, 0.2) is 6.10 Å². The zero-order valence-electron chi connectivity index (χ0n) is 15.8. The number of carbonyl (C=O) groups excluding carboxylic acids is 1. The van der Waals surface area contributed by atoms with Crippen molar-refractivity contribution in [2.75, 3.05) is 10.0 Å². The van der Waals surface area contributed by atoms with Crippen LogP contribution in [-0.2, 0) is 14.8 Å². The molecule has 9 heteroatoms. The number of rotatable bonds is 7. The number of ether oxygens (including phenoxy) is 1. The highest BCUT2D eigenvalue weighted by atomic mass is 79.9. The van der Waals surface area contributed by atoms with Crippen LogP contribution in [0.1, 0.15) is 6.92 Å². The number of benzene rings is 3. The Morgan fingerprint density at radius 3 is 2.10 bits per heavy atom. The molecule has 30 heavy (non-hydrogen) atoms. The van der Waals surface area contributed by atoms with E-state index in [0.29, 0.717) is 17.1 Å². The molecule has 156 valence electrons. The maximum Gasteiger partial charge on any atom is 0.265 e. The summed E-state index contributed by atoms with van der Waals surface area (Å²) in [5, 5.41) is 2.65. The fraction of sp³-hybridized carbons (Fsp3) is 0.0952. The van der Waals surface area contributed by atoms with Crippen molar-refractivity contribution >= 4 is 43.2 Å². The number of carbonyl (C=O) groups is 1. The molecule has 0 aliphatic carbocycles. The van der Waals surface area contributed by atoms with Crippen molar-refractivity contribution < 1.29 is 22.3 Å². The second kappa shape index (κ2) is 9.27. The molecular weight excluding hydrogens is 475 g/mol. The highest BCUT2D eigenvalue weighted by molar-refractivity contribution is 9.10. The van der Waals surface area contributed by atoms with E-state index >= 15 is 0 Å². The van der Waals surface area contributed by atoms with Gasteiger partial charge >= 0.3 is 0 Å². The lowest BCUT2D eigenvalue weighted by Crippen LogP contribution is -2.30. The maximum absolute atomic E-state index is 12.9. The molecule has 3 aromatic rings. The van der Waals surface area contributed by atoms with Gasteiger partial charge in [-0.25, -0.2) is 12.8 Å². The largest absolute Gasteiger partial charge is 0.481 e. The van der Waals surface area contributed by atoms with Crippen molar-refractivity contribution in [3.63, 3.8) is 0 Å². The van der Waals surface area contributed by atoms with Crippen molar-refractivity contribution in [3.8, 4) is 5.75 Å². The highest BCUT2D eigenvalue weighted by Gasteiger charge is 2.17. The predicted molar refractivity (Wildman–Crippen MR) is 117 cm³/mol. The van der Waals surface area contributed by atoms with Crippen LogP contribution < -0.4 is 14.8 Å². The van der Waals surface area contributed by atoms with Crippen LogP contribution in [0.5, 0.6) is 5.75 Å². The second-order valence-corrected chi connectivity index (χ2v) is 8.94. The smallest absolute Gasteiger partial charge is 0.265 e. The zero-order chi connectivity index (χ0) is 21.7. The van der Waals surface area contributed by atoms with E-state index in [1.807, 2.05) is 0 Å². The Labute approximate surface area is 182 Å². The van der Waals surface area contributed by atoms with Gasteiger partial charge in [-0.3, -0.25) is 9.52 Å². The monoisotopic (exact) mass is 492 g/mol. The molecule has 1 atom stereocenters. The Morgan fingerprint density at radius 2 is 1.50 bits per heavy atom. The number of nitrogens with one attached hydrogen (secondary N) is 2. The van der Waals surface area contributed by atoms with Crippen LogP contribution in [0.3, 0.4) is 0 Å². The van der Waals surface area contributed by atoms with Gasteiger partial charge in [0.1, 0.15) is 11.6 Å². The minimum Gasteiger partial charge on any atom is -0.481 e. The number of hydrogen-bond acceptors (Lipinski definition) is 4. The highest BCUT2D eigenvalue weighted by Crippen LogP contribution is 2.20. The molecule has 0 saturated heterocycles. The Kier molecular flexibility index (Phi) is 6.73. The summed E-state index contributed by atoms with van der Waals surface area (Å²) < 4.78 is 46.7. The molecule has 0 radical (unpaired) electrons. The minimum atomic E-state index is -3.77. The third-order valence-corrected chi connectivity index (χ3v) is 5.95. The Hall–Kier alpha value is -2.91. The summed E-state index contributed by atoms with van der Waals surface area (Å²) in [7, 11) is -3.77. The molecule has 3 aromatic carbocycles. The quantitative estimate of drug-likeness (QED) is 0.496. The van der Waals surface area contributed by atoms with E-state index in [2.05, 4.69) is 26.0 Å². The molecule has 6 nitrogen and oxygen atoms in total. The molecule has 2 N–H and O–H groups in total. The third-order valence-electron chi connectivity index (χ3n) is 4.02. The lowest BCUT2D eigenvalue weighted by Gasteiger charge is -2.15. The van der Waals surface area contributed by atoms with Crippen LogP contribution in [0.15, 0.2) is 82.2 Å². The zero-order valence-corrected chi connectivity index (χ0v) is 18.2. The summed E-state index contributed by atoms with van der Waals surface area (Å²) in [5.41, 5.74) is 0.847. The lowest BCUT2D eigenvalue weighted by molar-refractivity contribution is -0.122. The minimum absolute atomic E-state index is 0.0547.